The Bertz CT molecular complexity index is 437. The van der Waals surface area contributed by atoms with Gasteiger partial charge in [0.05, 0.1) is 6.10 Å². The molecule has 24 heavy (non-hydrogen) atoms. The Morgan fingerprint density at radius 2 is 1.83 bits per heavy atom. The summed E-state index contributed by atoms with van der Waals surface area (Å²) in [5.41, 5.74) is 1.09. The number of aliphatic hydroxyl groups is 1. The van der Waals surface area contributed by atoms with Gasteiger partial charge >= 0.3 is 0 Å². The molecule has 2 rings (SSSR count). The first kappa shape index (κ1) is 26.1. The minimum atomic E-state index is -0.346. The second kappa shape index (κ2) is 13.1. The molecule has 142 valence electrons. The van der Waals surface area contributed by atoms with E-state index in [0.29, 0.717) is 6.54 Å². The Labute approximate surface area is 163 Å². The lowest BCUT2D eigenvalue weighted by atomic mass is 10.0. The molecule has 1 aromatic rings. The summed E-state index contributed by atoms with van der Waals surface area (Å²) >= 11 is 0. The fraction of sp³-hybridized carbons (Fsp3) is 0.625. The van der Waals surface area contributed by atoms with Crippen molar-refractivity contribution >= 4 is 37.2 Å². The lowest BCUT2D eigenvalue weighted by Crippen LogP contribution is -2.53. The number of aliphatic hydroxyl groups excluding tert-OH is 1. The van der Waals surface area contributed by atoms with Crippen molar-refractivity contribution < 1.29 is 9.50 Å². The molecule has 0 radical (unpaired) electrons. The van der Waals surface area contributed by atoms with Gasteiger partial charge in [-0.1, -0.05) is 12.1 Å². The van der Waals surface area contributed by atoms with Gasteiger partial charge in [-0.15, -0.1) is 37.2 Å². The number of nitrogens with zero attached hydrogens (tertiary/aromatic N) is 2. The smallest absolute Gasteiger partial charge is 0.123 e. The quantitative estimate of drug-likeness (QED) is 0.762. The van der Waals surface area contributed by atoms with Gasteiger partial charge in [0, 0.05) is 38.8 Å². The van der Waals surface area contributed by atoms with Crippen LogP contribution in [0.25, 0.3) is 0 Å². The molecular formula is C16H29Cl3FN3O. The number of β-amino-alcohol motifs (C(OH)–C–C–N with tert-alkyl or cyclic N) is 1. The summed E-state index contributed by atoms with van der Waals surface area (Å²) in [6.07, 6.45) is 0.594. The van der Waals surface area contributed by atoms with Crippen LogP contribution >= 0.6 is 37.2 Å². The Morgan fingerprint density at radius 1 is 1.21 bits per heavy atom. The molecule has 0 spiro atoms. The summed E-state index contributed by atoms with van der Waals surface area (Å²) in [6.45, 7) is 4.25. The van der Waals surface area contributed by atoms with E-state index in [2.05, 4.69) is 15.1 Å². The van der Waals surface area contributed by atoms with E-state index < -0.39 is 0 Å². The van der Waals surface area contributed by atoms with Gasteiger partial charge in [-0.05, 0) is 38.2 Å². The molecule has 0 amide bonds. The highest BCUT2D eigenvalue weighted by Crippen LogP contribution is 2.15. The van der Waals surface area contributed by atoms with E-state index in [9.17, 15) is 9.50 Å². The average Bonchev–Trinajstić information content (AvgIpc) is 2.43. The fourth-order valence-electron chi connectivity index (χ4n) is 2.70. The predicted octanol–water partition coefficient (Wildman–Crippen LogP) is 2.18. The summed E-state index contributed by atoms with van der Waals surface area (Å²) in [5, 5.41) is 13.7. The maximum absolute atomic E-state index is 12.9. The largest absolute Gasteiger partial charge is 0.390 e. The van der Waals surface area contributed by atoms with Crippen molar-refractivity contribution in [3.8, 4) is 0 Å². The molecule has 0 bridgehead atoms. The monoisotopic (exact) mass is 403 g/mol. The summed E-state index contributed by atoms with van der Waals surface area (Å²) in [4.78, 5) is 4.35. The van der Waals surface area contributed by atoms with E-state index in [1.807, 2.05) is 26.2 Å². The van der Waals surface area contributed by atoms with Crippen molar-refractivity contribution in [2.24, 2.45) is 0 Å². The van der Waals surface area contributed by atoms with Crippen LogP contribution in [0.2, 0.25) is 0 Å². The van der Waals surface area contributed by atoms with E-state index in [1.165, 1.54) is 12.1 Å². The standard InChI is InChI=1S/C16H26FN3O.3ClH/c1-19(2)10-8-18-15-7-9-20(12-16(15)21)11-13-3-5-14(17)6-4-13;;;/h3-6,15-16,18,21H,7-12H2,1-2H3;3*1H/t15-,16-;;;/m1.../s1. The molecule has 1 aliphatic heterocycles. The van der Waals surface area contributed by atoms with Crippen LogP contribution in [-0.2, 0) is 6.54 Å². The number of benzene rings is 1. The number of likely N-dealkylation sites (N-methyl/N-ethyl adjacent to an activating group) is 1. The third-order valence-electron chi connectivity index (χ3n) is 3.95. The highest BCUT2D eigenvalue weighted by molar-refractivity contribution is 5.86. The molecule has 0 aromatic heterocycles. The number of piperidine rings is 1. The van der Waals surface area contributed by atoms with E-state index in [-0.39, 0.29) is 55.2 Å². The highest BCUT2D eigenvalue weighted by Gasteiger charge is 2.27. The maximum atomic E-state index is 12.9. The van der Waals surface area contributed by atoms with Crippen molar-refractivity contribution in [1.29, 1.82) is 0 Å². The molecule has 4 nitrogen and oxygen atoms in total. The van der Waals surface area contributed by atoms with E-state index in [4.69, 9.17) is 0 Å². The number of likely N-dealkylation sites (tertiary alicyclic amines) is 1. The Morgan fingerprint density at radius 3 is 2.38 bits per heavy atom. The second-order valence-electron chi connectivity index (χ2n) is 6.08. The SMILES string of the molecule is CN(C)CCN[C@@H]1CCN(Cc2ccc(F)cc2)C[C@H]1O.Cl.Cl.Cl. The van der Waals surface area contributed by atoms with Crippen molar-refractivity contribution in [1.82, 2.24) is 15.1 Å². The Balaban J connectivity index is 0. The van der Waals surface area contributed by atoms with E-state index >= 15 is 0 Å². The molecule has 1 saturated heterocycles. The highest BCUT2D eigenvalue weighted by atomic mass is 35.5. The summed E-state index contributed by atoms with van der Waals surface area (Å²) in [6, 6.07) is 6.77. The minimum Gasteiger partial charge on any atom is -0.390 e. The molecule has 8 heteroatoms. The van der Waals surface area contributed by atoms with Gasteiger partial charge in [-0.3, -0.25) is 4.90 Å². The van der Waals surface area contributed by atoms with Crippen LogP contribution in [0.15, 0.2) is 24.3 Å². The number of rotatable bonds is 6. The molecule has 0 saturated carbocycles. The lowest BCUT2D eigenvalue weighted by Gasteiger charge is -2.36. The molecule has 1 heterocycles. The molecule has 1 aromatic carbocycles. The Hall–Kier alpha value is -0.140. The maximum Gasteiger partial charge on any atom is 0.123 e. The third-order valence-corrected chi connectivity index (χ3v) is 3.95. The van der Waals surface area contributed by atoms with Crippen molar-refractivity contribution in [3.63, 3.8) is 0 Å². The van der Waals surface area contributed by atoms with Gasteiger partial charge in [0.25, 0.3) is 0 Å². The van der Waals surface area contributed by atoms with Crippen molar-refractivity contribution in [2.45, 2.75) is 25.1 Å². The average molecular weight is 405 g/mol. The van der Waals surface area contributed by atoms with E-state index in [1.54, 1.807) is 0 Å². The van der Waals surface area contributed by atoms with Crippen molar-refractivity contribution in [3.05, 3.63) is 35.6 Å². The lowest BCUT2D eigenvalue weighted by molar-refractivity contribution is 0.0367. The van der Waals surface area contributed by atoms with Gasteiger partial charge in [0.1, 0.15) is 5.82 Å². The molecular weight excluding hydrogens is 376 g/mol. The van der Waals surface area contributed by atoms with Crippen LogP contribution in [0, 0.1) is 5.82 Å². The van der Waals surface area contributed by atoms with Crippen LogP contribution in [0.3, 0.4) is 0 Å². The van der Waals surface area contributed by atoms with Gasteiger partial charge < -0.3 is 15.3 Å². The van der Waals surface area contributed by atoms with Crippen molar-refractivity contribution in [2.75, 3.05) is 40.3 Å². The third kappa shape index (κ3) is 8.81. The summed E-state index contributed by atoms with van der Waals surface area (Å²) in [5.74, 6) is -0.206. The van der Waals surface area contributed by atoms with Gasteiger partial charge in [-0.25, -0.2) is 4.39 Å². The van der Waals surface area contributed by atoms with Gasteiger partial charge in [-0.2, -0.15) is 0 Å². The summed E-state index contributed by atoms with van der Waals surface area (Å²) in [7, 11) is 4.09. The summed E-state index contributed by atoms with van der Waals surface area (Å²) < 4.78 is 12.9. The second-order valence-corrected chi connectivity index (χ2v) is 6.08. The molecule has 0 unspecified atom stereocenters. The van der Waals surface area contributed by atoms with Crippen LogP contribution in [0.4, 0.5) is 4.39 Å². The molecule has 1 fully saturated rings. The van der Waals surface area contributed by atoms with E-state index in [0.717, 1.165) is 38.2 Å². The van der Waals surface area contributed by atoms with Crippen LogP contribution in [0.1, 0.15) is 12.0 Å². The topological polar surface area (TPSA) is 38.7 Å². The first-order valence-corrected chi connectivity index (χ1v) is 7.57. The van der Waals surface area contributed by atoms with Crippen LogP contribution in [-0.4, -0.2) is 67.3 Å². The van der Waals surface area contributed by atoms with Gasteiger partial charge in [0.15, 0.2) is 0 Å². The predicted molar refractivity (Wildman–Crippen MR) is 104 cm³/mol. The number of hydrogen-bond acceptors (Lipinski definition) is 4. The molecule has 0 aliphatic carbocycles. The van der Waals surface area contributed by atoms with Crippen LogP contribution in [0.5, 0.6) is 0 Å². The zero-order chi connectivity index (χ0) is 15.2. The zero-order valence-electron chi connectivity index (χ0n) is 14.2. The number of hydrogen-bond donors (Lipinski definition) is 2. The first-order valence-electron chi connectivity index (χ1n) is 7.57. The van der Waals surface area contributed by atoms with Crippen LogP contribution < -0.4 is 5.32 Å². The first-order chi connectivity index (χ1) is 10.0. The fourth-order valence-corrected chi connectivity index (χ4v) is 2.70. The number of halogens is 4. The normalized spacial score (nSPS) is 20.7. The molecule has 2 atom stereocenters. The molecule has 1 aliphatic rings. The molecule has 2 N–H and O–H groups in total. The Kier molecular flexibility index (Phi) is 14.3. The number of nitrogens with one attached hydrogen (secondary N) is 1. The van der Waals surface area contributed by atoms with Gasteiger partial charge in [0.2, 0.25) is 0 Å². The minimum absolute atomic E-state index is 0. The zero-order valence-corrected chi connectivity index (χ0v) is 16.6.